The standard InChI is InChI=1S/C17H22N2O4.C8H10O.CH2F2/c20-13-14-6-4-10-19(14)17(22)12-18-16(21)9-5-11-23-15-7-2-1-3-8-15;1-9-7-8-5-3-2-4-6-8;2-1-3/h1-3,7-8,13-14H,4-6,9-12H2,(H,18,21);2-6H,7H2,1H3;1H2. The number of rotatable bonds is 10. The van der Waals surface area contributed by atoms with E-state index in [-0.39, 0.29) is 24.4 Å². The van der Waals surface area contributed by atoms with Gasteiger partial charge >= 0.3 is 0 Å². The van der Waals surface area contributed by atoms with Crippen LogP contribution < -0.4 is 10.1 Å². The average Bonchev–Trinajstić information content (AvgIpc) is 3.37. The van der Waals surface area contributed by atoms with Gasteiger partial charge in [0.15, 0.2) is 0 Å². The topological polar surface area (TPSA) is 84.9 Å². The first-order valence-electron chi connectivity index (χ1n) is 11.4. The lowest BCUT2D eigenvalue weighted by molar-refractivity contribution is -0.135. The van der Waals surface area contributed by atoms with Crippen LogP contribution in [-0.2, 0) is 25.7 Å². The molecule has 1 heterocycles. The lowest BCUT2D eigenvalue weighted by Gasteiger charge is -2.20. The minimum absolute atomic E-state index is 0.0529. The van der Waals surface area contributed by atoms with Gasteiger partial charge in [-0.1, -0.05) is 48.5 Å². The van der Waals surface area contributed by atoms with Crippen LogP contribution >= 0.6 is 0 Å². The summed E-state index contributed by atoms with van der Waals surface area (Å²) < 4.78 is 29.7. The number of benzene rings is 2. The molecule has 1 atom stereocenters. The Morgan fingerprint density at radius 2 is 1.71 bits per heavy atom. The second-order valence-corrected chi connectivity index (χ2v) is 7.49. The molecule has 1 aliphatic heterocycles. The zero-order valence-corrected chi connectivity index (χ0v) is 20.0. The molecule has 35 heavy (non-hydrogen) atoms. The first-order valence-corrected chi connectivity index (χ1v) is 11.4. The summed E-state index contributed by atoms with van der Waals surface area (Å²) in [5, 5.41) is 2.60. The predicted octanol–water partition coefficient (Wildman–Crippen LogP) is 3.87. The zero-order valence-electron chi connectivity index (χ0n) is 20.0. The summed E-state index contributed by atoms with van der Waals surface area (Å²) in [5.41, 5.74) is 1.22. The molecule has 1 N–H and O–H groups in total. The average molecular weight is 493 g/mol. The van der Waals surface area contributed by atoms with Gasteiger partial charge in [0.1, 0.15) is 12.0 Å². The van der Waals surface area contributed by atoms with E-state index in [1.54, 1.807) is 7.11 Å². The SMILES string of the molecule is COCc1ccccc1.FCF.O=CC1CCCN1C(=O)CNC(=O)CCCOc1ccccc1. The minimum Gasteiger partial charge on any atom is -0.494 e. The van der Waals surface area contributed by atoms with Gasteiger partial charge in [-0.3, -0.25) is 9.59 Å². The molecule has 7 nitrogen and oxygen atoms in total. The van der Waals surface area contributed by atoms with Crippen LogP contribution in [0.3, 0.4) is 0 Å². The molecule has 0 saturated carbocycles. The van der Waals surface area contributed by atoms with Crippen LogP contribution in [-0.4, -0.2) is 62.8 Å². The van der Waals surface area contributed by atoms with Crippen LogP contribution in [0.5, 0.6) is 5.75 Å². The number of carbonyl (C=O) groups excluding carboxylic acids is 3. The van der Waals surface area contributed by atoms with Gasteiger partial charge in [0.05, 0.1) is 25.8 Å². The number of aldehydes is 1. The van der Waals surface area contributed by atoms with E-state index >= 15 is 0 Å². The van der Waals surface area contributed by atoms with Crippen molar-refractivity contribution in [1.29, 1.82) is 0 Å². The van der Waals surface area contributed by atoms with Gasteiger partial charge in [-0.05, 0) is 37.0 Å². The molecule has 1 saturated heterocycles. The van der Waals surface area contributed by atoms with E-state index in [0.717, 1.165) is 18.5 Å². The van der Waals surface area contributed by atoms with Crippen molar-refractivity contribution >= 4 is 18.1 Å². The van der Waals surface area contributed by atoms with Crippen molar-refractivity contribution in [3.63, 3.8) is 0 Å². The fourth-order valence-corrected chi connectivity index (χ4v) is 3.29. The Labute approximate surface area is 205 Å². The summed E-state index contributed by atoms with van der Waals surface area (Å²) in [4.78, 5) is 36.1. The fraction of sp³-hybridized carbons (Fsp3) is 0.423. The van der Waals surface area contributed by atoms with Gasteiger partial charge in [-0.25, -0.2) is 8.78 Å². The Kier molecular flexibility index (Phi) is 16.1. The van der Waals surface area contributed by atoms with Gasteiger partial charge in [0.2, 0.25) is 18.7 Å². The second kappa shape index (κ2) is 19.0. The lowest BCUT2D eigenvalue weighted by atomic mass is 10.2. The Bertz CT molecular complexity index is 840. The summed E-state index contributed by atoms with van der Waals surface area (Å²) in [6, 6.07) is 19.2. The monoisotopic (exact) mass is 492 g/mol. The highest BCUT2D eigenvalue weighted by Gasteiger charge is 2.27. The maximum Gasteiger partial charge on any atom is 0.242 e. The van der Waals surface area contributed by atoms with Crippen LogP contribution in [0.2, 0.25) is 0 Å². The largest absolute Gasteiger partial charge is 0.494 e. The third-order valence-corrected chi connectivity index (χ3v) is 4.93. The van der Waals surface area contributed by atoms with Crippen molar-refractivity contribution in [2.24, 2.45) is 0 Å². The minimum atomic E-state index is -1.75. The van der Waals surface area contributed by atoms with Gasteiger partial charge in [-0.2, -0.15) is 0 Å². The van der Waals surface area contributed by atoms with Crippen molar-refractivity contribution in [3.8, 4) is 5.75 Å². The summed E-state index contributed by atoms with van der Waals surface area (Å²) >= 11 is 0. The van der Waals surface area contributed by atoms with E-state index < -0.39 is 6.93 Å². The molecule has 1 unspecified atom stereocenters. The van der Waals surface area contributed by atoms with Crippen molar-refractivity contribution in [2.75, 3.05) is 33.7 Å². The number of methoxy groups -OCH3 is 1. The summed E-state index contributed by atoms with van der Waals surface area (Å²) in [5.74, 6) is 0.391. The number of hydrogen-bond acceptors (Lipinski definition) is 5. The number of carbonyl (C=O) groups is 3. The molecule has 0 bridgehead atoms. The van der Waals surface area contributed by atoms with Gasteiger partial charge in [0, 0.05) is 20.1 Å². The number of hydrogen-bond donors (Lipinski definition) is 1. The van der Waals surface area contributed by atoms with Crippen LogP contribution in [0.4, 0.5) is 8.78 Å². The third kappa shape index (κ3) is 13.2. The molecule has 3 rings (SSSR count). The summed E-state index contributed by atoms with van der Waals surface area (Å²) in [6.45, 7) is -0.0582. The van der Waals surface area contributed by atoms with Crippen LogP contribution in [0.15, 0.2) is 60.7 Å². The van der Waals surface area contributed by atoms with Crippen LogP contribution in [0.25, 0.3) is 0 Å². The molecule has 0 aliphatic carbocycles. The first kappa shape index (κ1) is 29.7. The van der Waals surface area contributed by atoms with Gasteiger partial charge in [-0.15, -0.1) is 0 Å². The van der Waals surface area contributed by atoms with Gasteiger partial charge < -0.3 is 24.5 Å². The zero-order chi connectivity index (χ0) is 25.7. The highest BCUT2D eigenvalue weighted by molar-refractivity contribution is 5.86. The van der Waals surface area contributed by atoms with Crippen LogP contribution in [0.1, 0.15) is 31.2 Å². The van der Waals surface area contributed by atoms with E-state index in [2.05, 4.69) is 5.32 Å². The van der Waals surface area contributed by atoms with E-state index in [4.69, 9.17) is 9.47 Å². The Morgan fingerprint density at radius 3 is 2.31 bits per heavy atom. The van der Waals surface area contributed by atoms with E-state index in [9.17, 15) is 23.2 Å². The maximum absolute atomic E-state index is 12.0. The number of likely N-dealkylation sites (tertiary alicyclic amines) is 1. The van der Waals surface area contributed by atoms with Crippen molar-refractivity contribution in [1.82, 2.24) is 10.2 Å². The third-order valence-electron chi connectivity index (χ3n) is 4.93. The number of halogens is 2. The fourth-order valence-electron chi connectivity index (χ4n) is 3.29. The highest BCUT2D eigenvalue weighted by atomic mass is 19.3. The summed E-state index contributed by atoms with van der Waals surface area (Å²) in [6.07, 6.45) is 3.22. The molecule has 2 aromatic carbocycles. The lowest BCUT2D eigenvalue weighted by Crippen LogP contribution is -2.43. The molecular formula is C26H34F2N2O5. The second-order valence-electron chi connectivity index (χ2n) is 7.49. The van der Waals surface area contributed by atoms with E-state index in [0.29, 0.717) is 39.0 Å². The smallest absolute Gasteiger partial charge is 0.242 e. The normalized spacial score (nSPS) is 14.0. The quantitative estimate of drug-likeness (QED) is 0.402. The number of amides is 2. The number of nitrogens with one attached hydrogen (secondary N) is 1. The molecule has 2 amide bonds. The molecule has 0 aromatic heterocycles. The van der Waals surface area contributed by atoms with Crippen molar-refractivity contribution in [2.45, 2.75) is 38.3 Å². The molecular weight excluding hydrogens is 458 g/mol. The number of nitrogens with zero attached hydrogens (tertiary/aromatic N) is 1. The highest BCUT2D eigenvalue weighted by Crippen LogP contribution is 2.15. The Hall–Kier alpha value is -3.33. The molecule has 9 heteroatoms. The van der Waals surface area contributed by atoms with E-state index in [1.807, 2.05) is 60.7 Å². The number of para-hydroxylation sites is 1. The Balaban J connectivity index is 0.000000422. The number of alkyl halides is 2. The molecule has 1 aliphatic rings. The molecule has 0 spiro atoms. The molecule has 0 radical (unpaired) electrons. The first-order chi connectivity index (χ1) is 17.0. The number of ether oxygens (including phenoxy) is 2. The van der Waals surface area contributed by atoms with Gasteiger partial charge in [0.25, 0.3) is 0 Å². The Morgan fingerprint density at radius 1 is 1.09 bits per heavy atom. The van der Waals surface area contributed by atoms with Crippen LogP contribution in [0, 0.1) is 0 Å². The molecule has 1 fully saturated rings. The van der Waals surface area contributed by atoms with E-state index in [1.165, 1.54) is 10.5 Å². The molecule has 2 aromatic rings. The predicted molar refractivity (Wildman–Crippen MR) is 129 cm³/mol. The van der Waals surface area contributed by atoms with Crippen molar-refractivity contribution < 1.29 is 32.6 Å². The van der Waals surface area contributed by atoms with Crippen molar-refractivity contribution in [3.05, 3.63) is 66.2 Å². The molecule has 192 valence electrons. The maximum atomic E-state index is 12.0. The summed E-state index contributed by atoms with van der Waals surface area (Å²) in [7, 11) is 1.70.